The quantitative estimate of drug-likeness (QED) is 0.162. The van der Waals surface area contributed by atoms with Crippen LogP contribution in [0.4, 0.5) is 26.3 Å². The van der Waals surface area contributed by atoms with Crippen LogP contribution < -0.4 is 0 Å². The van der Waals surface area contributed by atoms with Gasteiger partial charge in [-0.15, -0.1) is 0 Å². The molecule has 2 heterocycles. The zero-order valence-electron chi connectivity index (χ0n) is 33.1. The summed E-state index contributed by atoms with van der Waals surface area (Å²) in [7, 11) is 0. The fraction of sp³-hybridized carbons (Fsp3) is 0.0377. The smallest absolute Gasteiger partial charge is 0.308 e. The molecule has 10 aromatic rings. The summed E-state index contributed by atoms with van der Waals surface area (Å²) in [6.45, 7) is 0. The number of rotatable bonds is 5. The van der Waals surface area contributed by atoms with Gasteiger partial charge < -0.3 is 9.13 Å². The summed E-state index contributed by atoms with van der Waals surface area (Å²) in [4.78, 5) is 0. The van der Waals surface area contributed by atoms with Gasteiger partial charge in [-0.2, -0.15) is 42.1 Å². The van der Waals surface area contributed by atoms with Gasteiger partial charge in [0.05, 0.1) is 67.8 Å². The first kappa shape index (κ1) is 39.5. The Hall–Kier alpha value is -8.59. The molecule has 0 aliphatic carbocycles. The third-order valence-electron chi connectivity index (χ3n) is 11.7. The summed E-state index contributed by atoms with van der Waals surface area (Å²) < 4.78 is 94.4. The Morgan fingerprint density at radius 1 is 0.391 bits per heavy atom. The molecule has 64 heavy (non-hydrogen) atoms. The molecule has 0 saturated carbocycles. The number of halogens is 6. The Morgan fingerprint density at radius 3 is 1.34 bits per heavy atom. The molecule has 0 spiro atoms. The molecule has 0 fully saturated rings. The Kier molecular flexibility index (Phi) is 9.14. The maximum absolute atomic E-state index is 15.2. The van der Waals surface area contributed by atoms with E-state index in [0.717, 1.165) is 16.8 Å². The highest BCUT2D eigenvalue weighted by Crippen LogP contribution is 2.49. The van der Waals surface area contributed by atoms with Gasteiger partial charge in [-0.25, -0.2) is 0 Å². The van der Waals surface area contributed by atoms with Crippen LogP contribution in [0.25, 0.3) is 88.4 Å². The molecule has 0 amide bonds. The van der Waals surface area contributed by atoms with Gasteiger partial charge in [-0.1, -0.05) is 109 Å². The van der Waals surface area contributed by atoms with Crippen LogP contribution in [-0.4, -0.2) is 9.13 Å². The summed E-state index contributed by atoms with van der Waals surface area (Å²) >= 11 is 0. The van der Waals surface area contributed by atoms with Crippen molar-refractivity contribution in [2.75, 3.05) is 0 Å². The van der Waals surface area contributed by atoms with Crippen LogP contribution in [0.1, 0.15) is 27.8 Å². The fourth-order valence-corrected chi connectivity index (χ4v) is 9.07. The van der Waals surface area contributed by atoms with Gasteiger partial charge in [0.1, 0.15) is 11.6 Å². The first-order valence-corrected chi connectivity index (χ1v) is 19.8. The lowest BCUT2D eigenvalue weighted by molar-refractivity contribution is -0.142. The highest BCUT2D eigenvalue weighted by atomic mass is 19.4. The maximum Gasteiger partial charge on any atom is 0.417 e. The van der Waals surface area contributed by atoms with Crippen molar-refractivity contribution in [2.45, 2.75) is 12.4 Å². The van der Waals surface area contributed by atoms with E-state index >= 15 is 26.3 Å². The van der Waals surface area contributed by atoms with Crippen LogP contribution in [0.5, 0.6) is 0 Å². The zero-order valence-corrected chi connectivity index (χ0v) is 33.1. The standard InChI is InChI=1S/C53H27F6N5/c54-52(55,56)43-16-9-17-44(53(57,58)59)50(43)41-24-25-47(63-45-18-7-5-14-37(45)39-22-20-31(26-48(39)63)35-12-3-1-10-33(35)28-60)42(30-62)51(41)64-46-19-8-6-15-38(46)40-23-21-32(27-49(40)64)36-13-4-2-11-34(36)29-61/h1-27H. The molecule has 10 rings (SSSR count). The van der Waals surface area contributed by atoms with Crippen molar-refractivity contribution in [3.63, 3.8) is 0 Å². The van der Waals surface area contributed by atoms with Gasteiger partial charge in [0.25, 0.3) is 0 Å². The Labute approximate surface area is 360 Å². The van der Waals surface area contributed by atoms with Crippen molar-refractivity contribution in [1.82, 2.24) is 9.13 Å². The summed E-state index contributed by atoms with van der Waals surface area (Å²) in [5, 5.41) is 34.3. The molecule has 306 valence electrons. The van der Waals surface area contributed by atoms with E-state index in [0.29, 0.717) is 78.4 Å². The monoisotopic (exact) mass is 847 g/mol. The van der Waals surface area contributed by atoms with E-state index in [9.17, 15) is 15.8 Å². The third-order valence-corrected chi connectivity index (χ3v) is 11.7. The lowest BCUT2D eigenvalue weighted by Gasteiger charge is -2.24. The van der Waals surface area contributed by atoms with Crippen molar-refractivity contribution in [3.8, 4) is 63.0 Å². The van der Waals surface area contributed by atoms with Crippen LogP contribution in [-0.2, 0) is 12.4 Å². The van der Waals surface area contributed by atoms with Crippen LogP contribution in [0.2, 0.25) is 0 Å². The number of aromatic nitrogens is 2. The number of benzene rings is 8. The lowest BCUT2D eigenvalue weighted by Crippen LogP contribution is -2.16. The number of nitrogens with zero attached hydrogens (tertiary/aromatic N) is 5. The van der Waals surface area contributed by atoms with Crippen molar-refractivity contribution in [2.24, 2.45) is 0 Å². The van der Waals surface area contributed by atoms with Gasteiger partial charge in [-0.3, -0.25) is 0 Å². The Bertz CT molecular complexity index is 3670. The van der Waals surface area contributed by atoms with E-state index in [-0.39, 0.29) is 16.9 Å². The van der Waals surface area contributed by atoms with E-state index in [1.807, 2.05) is 42.5 Å². The fourth-order valence-electron chi connectivity index (χ4n) is 9.07. The molecule has 0 bridgehead atoms. The molecule has 0 unspecified atom stereocenters. The minimum Gasteiger partial charge on any atom is -0.308 e. The van der Waals surface area contributed by atoms with E-state index in [1.165, 1.54) is 12.1 Å². The highest BCUT2D eigenvalue weighted by molar-refractivity contribution is 6.13. The first-order chi connectivity index (χ1) is 30.9. The predicted octanol–water partition coefficient (Wildman–Crippen LogP) is 14.5. The van der Waals surface area contributed by atoms with Gasteiger partial charge in [-0.05, 0) is 76.9 Å². The molecule has 5 nitrogen and oxygen atoms in total. The van der Waals surface area contributed by atoms with Crippen molar-refractivity contribution >= 4 is 43.6 Å². The number of hydrogen-bond donors (Lipinski definition) is 0. The molecule has 0 radical (unpaired) electrons. The van der Waals surface area contributed by atoms with E-state index in [4.69, 9.17) is 0 Å². The molecule has 2 aromatic heterocycles. The molecule has 8 aromatic carbocycles. The van der Waals surface area contributed by atoms with Crippen LogP contribution in [0, 0.1) is 34.0 Å². The molecule has 0 aliphatic rings. The molecular formula is C53H27F6N5. The summed E-state index contributed by atoms with van der Waals surface area (Å²) in [5.41, 5.74) is 0.275. The van der Waals surface area contributed by atoms with Crippen LogP contribution >= 0.6 is 0 Å². The molecule has 0 saturated heterocycles. The highest BCUT2D eigenvalue weighted by Gasteiger charge is 2.42. The minimum absolute atomic E-state index is 0.188. The number of nitriles is 3. The summed E-state index contributed by atoms with van der Waals surface area (Å²) in [5.74, 6) is 0. The number of fused-ring (bicyclic) bond motifs is 6. The first-order valence-electron chi connectivity index (χ1n) is 19.8. The topological polar surface area (TPSA) is 81.2 Å². The second-order valence-electron chi connectivity index (χ2n) is 15.2. The molecule has 0 aliphatic heterocycles. The average molecular weight is 848 g/mol. The van der Waals surface area contributed by atoms with Gasteiger partial charge >= 0.3 is 12.4 Å². The van der Waals surface area contributed by atoms with Crippen LogP contribution in [0.15, 0.2) is 164 Å². The second kappa shape index (κ2) is 14.8. The maximum atomic E-state index is 15.2. The molecule has 11 heteroatoms. The predicted molar refractivity (Wildman–Crippen MR) is 236 cm³/mol. The van der Waals surface area contributed by atoms with Gasteiger partial charge in [0.2, 0.25) is 0 Å². The zero-order chi connectivity index (χ0) is 44.5. The third kappa shape index (κ3) is 6.15. The van der Waals surface area contributed by atoms with E-state index < -0.39 is 34.6 Å². The second-order valence-corrected chi connectivity index (χ2v) is 15.2. The Morgan fingerprint density at radius 2 is 0.844 bits per heavy atom. The van der Waals surface area contributed by atoms with E-state index in [1.54, 1.807) is 100 Å². The molecule has 0 atom stereocenters. The molecular weight excluding hydrogens is 821 g/mol. The van der Waals surface area contributed by atoms with Crippen molar-refractivity contribution in [3.05, 3.63) is 192 Å². The van der Waals surface area contributed by atoms with Crippen LogP contribution in [0.3, 0.4) is 0 Å². The minimum atomic E-state index is -5.24. The SMILES string of the molecule is N#Cc1ccccc1-c1ccc2c3ccccc3n(-c3ccc(-c4c(C(F)(F)F)cccc4C(F)(F)F)c(-n4c5ccccc5c5ccc(-c6ccccc6C#N)cc54)c3C#N)c2c1. The molecule has 0 N–H and O–H groups in total. The average Bonchev–Trinajstić information content (AvgIpc) is 3.82. The lowest BCUT2D eigenvalue weighted by atomic mass is 9.90. The van der Waals surface area contributed by atoms with Crippen molar-refractivity contribution < 1.29 is 26.3 Å². The van der Waals surface area contributed by atoms with Crippen molar-refractivity contribution in [1.29, 1.82) is 15.8 Å². The number of alkyl halides is 6. The summed E-state index contributed by atoms with van der Waals surface area (Å²) in [6.07, 6.45) is -10.5. The number of hydrogen-bond acceptors (Lipinski definition) is 3. The number of para-hydroxylation sites is 2. The van der Waals surface area contributed by atoms with Gasteiger partial charge in [0, 0.05) is 32.7 Å². The Balaban J connectivity index is 1.40. The van der Waals surface area contributed by atoms with Gasteiger partial charge in [0.15, 0.2) is 0 Å². The largest absolute Gasteiger partial charge is 0.417 e. The van der Waals surface area contributed by atoms with E-state index in [2.05, 4.69) is 18.2 Å². The summed E-state index contributed by atoms with van der Waals surface area (Å²) in [6, 6.07) is 50.5. The normalized spacial score (nSPS) is 11.9.